The summed E-state index contributed by atoms with van der Waals surface area (Å²) in [7, 11) is 0. The molecule has 3 amide bonds. The number of nitrogens with one attached hydrogen (secondary N) is 3. The molecule has 0 bridgehead atoms. The van der Waals surface area contributed by atoms with Gasteiger partial charge in [-0.25, -0.2) is 14.4 Å². The number of carboxylic acid groups (broad SMARTS) is 3. The van der Waals surface area contributed by atoms with Crippen molar-refractivity contribution >= 4 is 29.8 Å². The average Bonchev–Trinajstić information content (AvgIpc) is 2.69. The van der Waals surface area contributed by atoms with Gasteiger partial charge >= 0.3 is 23.9 Å². The Morgan fingerprint density at radius 2 is 1.58 bits per heavy atom. The number of aromatic nitrogens is 1. The molecule has 6 N–H and O–H groups in total. The van der Waals surface area contributed by atoms with Gasteiger partial charge in [0, 0.05) is 30.9 Å². The fourth-order valence-electron chi connectivity index (χ4n) is 2.64. The second-order valence-corrected chi connectivity index (χ2v) is 6.77. The molecule has 170 valence electrons. The summed E-state index contributed by atoms with van der Waals surface area (Å²) >= 11 is 0. The number of carbonyl (C=O) groups is 5. The third kappa shape index (κ3) is 9.56. The molecule has 31 heavy (non-hydrogen) atoms. The number of urea groups is 1. The van der Waals surface area contributed by atoms with Crippen molar-refractivity contribution < 1.29 is 39.3 Å². The Morgan fingerprint density at radius 3 is 2.13 bits per heavy atom. The van der Waals surface area contributed by atoms with Crippen LogP contribution in [0.5, 0.6) is 0 Å². The summed E-state index contributed by atoms with van der Waals surface area (Å²) < 4.78 is 0. The van der Waals surface area contributed by atoms with E-state index in [4.69, 9.17) is 10.2 Å². The van der Waals surface area contributed by atoms with Crippen molar-refractivity contribution in [3.8, 4) is 0 Å². The number of hydrogen-bond donors (Lipinski definition) is 6. The number of unbranched alkanes of at least 4 members (excludes halogenated alkanes) is 1. The van der Waals surface area contributed by atoms with Crippen molar-refractivity contribution in [1.29, 1.82) is 0 Å². The lowest BCUT2D eigenvalue weighted by Crippen LogP contribution is -2.51. The molecule has 0 unspecified atom stereocenters. The number of hydrogen-bond acceptors (Lipinski definition) is 6. The summed E-state index contributed by atoms with van der Waals surface area (Å²) in [5.41, 5.74) is 1.22. The first kappa shape index (κ1) is 25.3. The van der Waals surface area contributed by atoms with Crippen LogP contribution in [0.1, 0.15) is 48.0 Å². The van der Waals surface area contributed by atoms with Crippen LogP contribution in [0.3, 0.4) is 0 Å². The SMILES string of the molecule is Cc1cnccc1C(=O)NCCCC[C@H](NC(=O)N[C@@H](CCC(=O)O)C(=O)O)C(=O)O. The van der Waals surface area contributed by atoms with Crippen LogP contribution in [0, 0.1) is 6.92 Å². The van der Waals surface area contributed by atoms with Crippen LogP contribution in [-0.4, -0.2) is 68.8 Å². The molecule has 1 rings (SSSR count). The molecule has 1 aromatic rings. The topological polar surface area (TPSA) is 195 Å². The van der Waals surface area contributed by atoms with E-state index >= 15 is 0 Å². The molecule has 2 atom stereocenters. The Labute approximate surface area is 178 Å². The fraction of sp³-hybridized carbons (Fsp3) is 0.474. The quantitative estimate of drug-likeness (QED) is 0.236. The van der Waals surface area contributed by atoms with Crippen LogP contribution in [0.4, 0.5) is 4.79 Å². The average molecular weight is 438 g/mol. The van der Waals surface area contributed by atoms with E-state index in [0.717, 1.165) is 5.56 Å². The third-order valence-electron chi connectivity index (χ3n) is 4.32. The summed E-state index contributed by atoms with van der Waals surface area (Å²) in [6.45, 7) is 2.06. The van der Waals surface area contributed by atoms with Crippen LogP contribution in [0.15, 0.2) is 18.5 Å². The van der Waals surface area contributed by atoms with Gasteiger partial charge in [-0.3, -0.25) is 14.6 Å². The monoisotopic (exact) mass is 438 g/mol. The van der Waals surface area contributed by atoms with E-state index in [1.807, 2.05) is 0 Å². The zero-order chi connectivity index (χ0) is 23.4. The van der Waals surface area contributed by atoms with Gasteiger partial charge in [-0.1, -0.05) is 0 Å². The molecule has 0 aliphatic rings. The molecule has 0 aliphatic carbocycles. The zero-order valence-electron chi connectivity index (χ0n) is 17.0. The van der Waals surface area contributed by atoms with E-state index in [2.05, 4.69) is 20.9 Å². The Balaban J connectivity index is 2.43. The minimum Gasteiger partial charge on any atom is -0.481 e. The maximum atomic E-state index is 12.1. The molecule has 1 aromatic heterocycles. The number of amides is 3. The first-order valence-electron chi connectivity index (χ1n) is 9.55. The number of aliphatic carboxylic acids is 3. The number of carbonyl (C=O) groups excluding carboxylic acids is 2. The highest BCUT2D eigenvalue weighted by Gasteiger charge is 2.24. The van der Waals surface area contributed by atoms with E-state index in [9.17, 15) is 29.1 Å². The molecule has 0 spiro atoms. The maximum Gasteiger partial charge on any atom is 0.326 e. The van der Waals surface area contributed by atoms with E-state index in [0.29, 0.717) is 24.9 Å². The van der Waals surface area contributed by atoms with Crippen LogP contribution < -0.4 is 16.0 Å². The van der Waals surface area contributed by atoms with E-state index in [1.54, 1.807) is 19.2 Å². The summed E-state index contributed by atoms with van der Waals surface area (Å²) in [5, 5.41) is 33.9. The number of carboxylic acids is 3. The molecule has 12 heteroatoms. The molecule has 12 nitrogen and oxygen atoms in total. The Bertz CT molecular complexity index is 814. The van der Waals surface area contributed by atoms with Crippen molar-refractivity contribution in [3.63, 3.8) is 0 Å². The van der Waals surface area contributed by atoms with Gasteiger partial charge in [-0.2, -0.15) is 0 Å². The number of nitrogens with zero attached hydrogens (tertiary/aromatic N) is 1. The van der Waals surface area contributed by atoms with Gasteiger partial charge < -0.3 is 31.3 Å². The Hall–Kier alpha value is -3.70. The summed E-state index contributed by atoms with van der Waals surface area (Å²) in [6, 6.07) is -2.16. The largest absolute Gasteiger partial charge is 0.481 e. The first-order chi connectivity index (χ1) is 14.6. The molecular formula is C19H26N4O8. The van der Waals surface area contributed by atoms with Crippen LogP contribution >= 0.6 is 0 Å². The summed E-state index contributed by atoms with van der Waals surface area (Å²) in [4.78, 5) is 60.9. The molecule has 0 fully saturated rings. The third-order valence-corrected chi connectivity index (χ3v) is 4.32. The minimum atomic E-state index is -1.46. The van der Waals surface area contributed by atoms with Gasteiger partial charge in [0.15, 0.2) is 0 Å². The van der Waals surface area contributed by atoms with Crippen molar-refractivity contribution in [2.75, 3.05) is 6.54 Å². The van der Waals surface area contributed by atoms with Gasteiger partial charge in [0.25, 0.3) is 5.91 Å². The van der Waals surface area contributed by atoms with E-state index in [-0.39, 0.29) is 18.7 Å². The number of aryl methyl sites for hydroxylation is 1. The van der Waals surface area contributed by atoms with Gasteiger partial charge in [-0.15, -0.1) is 0 Å². The lowest BCUT2D eigenvalue weighted by molar-refractivity contribution is -0.140. The van der Waals surface area contributed by atoms with Gasteiger partial charge in [0.05, 0.1) is 0 Å². The van der Waals surface area contributed by atoms with Crippen molar-refractivity contribution in [3.05, 3.63) is 29.6 Å². The molecule has 0 saturated heterocycles. The predicted octanol–water partition coefficient (Wildman–Crippen LogP) is 0.361. The van der Waals surface area contributed by atoms with Crippen molar-refractivity contribution in [2.24, 2.45) is 0 Å². The molecule has 0 aliphatic heterocycles. The molecule has 0 radical (unpaired) electrons. The van der Waals surface area contributed by atoms with Gasteiger partial charge in [-0.05, 0) is 44.2 Å². The zero-order valence-corrected chi connectivity index (χ0v) is 17.0. The van der Waals surface area contributed by atoms with E-state index < -0.39 is 42.4 Å². The highest BCUT2D eigenvalue weighted by Crippen LogP contribution is 2.06. The smallest absolute Gasteiger partial charge is 0.326 e. The first-order valence-corrected chi connectivity index (χ1v) is 9.55. The normalized spacial score (nSPS) is 12.3. The maximum absolute atomic E-state index is 12.1. The molecule has 0 saturated carbocycles. The van der Waals surface area contributed by atoms with Gasteiger partial charge in [0.2, 0.25) is 0 Å². The number of pyridine rings is 1. The van der Waals surface area contributed by atoms with Gasteiger partial charge in [0.1, 0.15) is 12.1 Å². The van der Waals surface area contributed by atoms with Crippen LogP contribution in [0.25, 0.3) is 0 Å². The van der Waals surface area contributed by atoms with E-state index in [1.165, 1.54) is 6.20 Å². The van der Waals surface area contributed by atoms with Crippen LogP contribution in [-0.2, 0) is 14.4 Å². The summed E-state index contributed by atoms with van der Waals surface area (Å²) in [5.74, 6) is -4.22. The second-order valence-electron chi connectivity index (χ2n) is 6.77. The second kappa shape index (κ2) is 12.8. The molecular weight excluding hydrogens is 412 g/mol. The minimum absolute atomic E-state index is 0.0553. The standard InChI is InChI=1S/C19H26N4O8/c1-11-10-20-9-7-12(11)16(26)21-8-3-2-4-13(17(27)28)22-19(31)23-14(18(29)30)5-6-15(24)25/h7,9-10,13-14H,2-6,8H2,1H3,(H,21,26)(H,24,25)(H,27,28)(H,29,30)(H2,22,23,31)/t13-,14-/m0/s1. The Morgan fingerprint density at radius 1 is 0.968 bits per heavy atom. The highest BCUT2D eigenvalue weighted by molar-refractivity contribution is 5.95. The predicted molar refractivity (Wildman–Crippen MR) is 107 cm³/mol. The lowest BCUT2D eigenvalue weighted by Gasteiger charge is -2.18. The Kier molecular flexibility index (Phi) is 10.4. The fourth-order valence-corrected chi connectivity index (χ4v) is 2.64. The number of rotatable bonds is 13. The highest BCUT2D eigenvalue weighted by atomic mass is 16.4. The molecule has 0 aromatic carbocycles. The lowest BCUT2D eigenvalue weighted by atomic mass is 10.1. The van der Waals surface area contributed by atoms with Crippen molar-refractivity contribution in [1.82, 2.24) is 20.9 Å². The van der Waals surface area contributed by atoms with Crippen LogP contribution in [0.2, 0.25) is 0 Å². The molecule has 1 heterocycles. The van der Waals surface area contributed by atoms with Crippen molar-refractivity contribution in [2.45, 2.75) is 51.1 Å². The summed E-state index contributed by atoms with van der Waals surface area (Å²) in [6.07, 6.45) is 3.15.